The average Bonchev–Trinajstić information content (AvgIpc) is 3.10. The zero-order chi connectivity index (χ0) is 20.3. The third-order valence-electron chi connectivity index (χ3n) is 8.03. The lowest BCUT2D eigenvalue weighted by molar-refractivity contribution is 0.0988. The predicted octanol–water partition coefficient (Wildman–Crippen LogP) is 7.35. The molecule has 162 valence electrons. The van der Waals surface area contributed by atoms with Crippen LogP contribution in [0.4, 0.5) is 0 Å². The summed E-state index contributed by atoms with van der Waals surface area (Å²) in [4.78, 5) is 0. The lowest BCUT2D eigenvalue weighted by atomic mass is 9.63. The zero-order valence-corrected chi connectivity index (χ0v) is 19.1. The van der Waals surface area contributed by atoms with Gasteiger partial charge in [0.15, 0.2) is 0 Å². The Balaban J connectivity index is 1.27. The first-order chi connectivity index (χ1) is 14.0. The van der Waals surface area contributed by atoms with E-state index in [-0.39, 0.29) is 11.8 Å². The molecule has 1 aliphatic heterocycles. The van der Waals surface area contributed by atoms with E-state index in [0.29, 0.717) is 0 Å². The summed E-state index contributed by atoms with van der Waals surface area (Å²) in [7, 11) is 0. The van der Waals surface area contributed by atoms with E-state index in [1.807, 2.05) is 0 Å². The van der Waals surface area contributed by atoms with Crippen LogP contribution in [0, 0.1) is 17.8 Å². The zero-order valence-electron chi connectivity index (χ0n) is 19.1. The van der Waals surface area contributed by atoms with Gasteiger partial charge in [-0.2, -0.15) is 0 Å². The molecule has 2 aliphatic carbocycles. The topological polar surface area (TPSA) is 21.3 Å². The molecule has 0 aromatic heterocycles. The van der Waals surface area contributed by atoms with Gasteiger partial charge in [0.25, 0.3) is 0 Å². The van der Waals surface area contributed by atoms with Crippen molar-refractivity contribution in [2.24, 2.45) is 17.8 Å². The average molecular weight is 398 g/mol. The van der Waals surface area contributed by atoms with Crippen LogP contribution in [0.3, 0.4) is 0 Å². The maximum absolute atomic E-state index is 5.95. The molecule has 3 fully saturated rings. The van der Waals surface area contributed by atoms with Crippen LogP contribution in [-0.4, -0.2) is 12.1 Å². The van der Waals surface area contributed by atoms with E-state index in [9.17, 15) is 0 Å². The summed E-state index contributed by atoms with van der Waals surface area (Å²) < 4.78 is 5.95. The number of rotatable bonds is 7. The van der Waals surface area contributed by atoms with Gasteiger partial charge in [0.2, 0.25) is 0 Å². The van der Waals surface area contributed by atoms with E-state index in [4.69, 9.17) is 4.74 Å². The minimum absolute atomic E-state index is 0.0578. The van der Waals surface area contributed by atoms with Crippen LogP contribution < -0.4 is 5.32 Å². The monoisotopic (exact) mass is 397 g/mol. The van der Waals surface area contributed by atoms with Crippen molar-refractivity contribution >= 4 is 0 Å². The number of hydrogen-bond donors (Lipinski definition) is 1. The molecule has 2 heteroatoms. The number of ether oxygens (including phenoxy) is 1. The van der Waals surface area contributed by atoms with Crippen LogP contribution in [0.15, 0.2) is 24.3 Å². The summed E-state index contributed by atoms with van der Waals surface area (Å²) in [5.41, 5.74) is 2.92. The second-order valence-electron chi connectivity index (χ2n) is 10.9. The van der Waals surface area contributed by atoms with Crippen LogP contribution in [0.5, 0.6) is 0 Å². The van der Waals surface area contributed by atoms with E-state index < -0.39 is 0 Å². The molecule has 0 bridgehead atoms. The maximum Gasteiger partial charge on any atom is 0.134 e. The molecule has 1 N–H and O–H groups in total. The minimum atomic E-state index is 0.0578. The maximum atomic E-state index is 5.95. The number of hydrogen-bond acceptors (Lipinski definition) is 2. The van der Waals surface area contributed by atoms with Gasteiger partial charge in [0.05, 0.1) is 6.61 Å². The fourth-order valence-corrected chi connectivity index (χ4v) is 6.26. The van der Waals surface area contributed by atoms with E-state index in [1.54, 1.807) is 5.56 Å². The third kappa shape index (κ3) is 5.44. The Labute approximate surface area is 179 Å². The number of benzene rings is 1. The largest absolute Gasteiger partial charge is 0.357 e. The Kier molecular flexibility index (Phi) is 7.02. The normalized spacial score (nSPS) is 34.1. The molecule has 1 heterocycles. The summed E-state index contributed by atoms with van der Waals surface area (Å²) in [6.45, 7) is 7.52. The lowest BCUT2D eigenvalue weighted by Gasteiger charge is -2.42. The Morgan fingerprint density at radius 1 is 0.897 bits per heavy atom. The summed E-state index contributed by atoms with van der Waals surface area (Å²) in [6.07, 6.45) is 16.1. The second kappa shape index (κ2) is 9.52. The van der Waals surface area contributed by atoms with E-state index in [1.165, 1.54) is 76.2 Å². The predicted molar refractivity (Wildman–Crippen MR) is 122 cm³/mol. The van der Waals surface area contributed by atoms with Crippen molar-refractivity contribution in [1.29, 1.82) is 0 Å². The molecule has 3 aliphatic rings. The van der Waals surface area contributed by atoms with Crippen LogP contribution in [0.1, 0.15) is 115 Å². The van der Waals surface area contributed by atoms with Crippen molar-refractivity contribution in [3.63, 3.8) is 0 Å². The number of nitrogens with one attached hydrogen (secondary N) is 1. The molecule has 2 nitrogen and oxygen atoms in total. The molecule has 1 saturated heterocycles. The van der Waals surface area contributed by atoms with E-state index in [0.717, 1.165) is 30.3 Å². The summed E-state index contributed by atoms with van der Waals surface area (Å²) in [6, 6.07) is 9.37. The Bertz CT molecular complexity index is 636. The molecule has 5 unspecified atom stereocenters. The van der Waals surface area contributed by atoms with E-state index >= 15 is 0 Å². The standard InChI is InChI=1S/C27H43NO/c1-4-5-6-7-8-20-9-10-25-18-24(16-15-23(25)17-20)21-11-13-22(14-12-21)26-28-27(2,3)19-29-26/h11-14,20,23-26,28H,4-10,15-19H2,1-3H3. The van der Waals surface area contributed by atoms with E-state index in [2.05, 4.69) is 50.4 Å². The van der Waals surface area contributed by atoms with Crippen molar-refractivity contribution < 1.29 is 4.74 Å². The molecule has 0 spiro atoms. The molecule has 2 saturated carbocycles. The molecule has 5 atom stereocenters. The van der Waals surface area contributed by atoms with Crippen molar-refractivity contribution in [3.05, 3.63) is 35.4 Å². The highest BCUT2D eigenvalue weighted by Gasteiger charge is 2.36. The van der Waals surface area contributed by atoms with Gasteiger partial charge in [-0.3, -0.25) is 5.32 Å². The Morgan fingerprint density at radius 3 is 2.34 bits per heavy atom. The van der Waals surface area contributed by atoms with Crippen LogP contribution >= 0.6 is 0 Å². The van der Waals surface area contributed by atoms with Gasteiger partial charge in [-0.05, 0) is 80.8 Å². The van der Waals surface area contributed by atoms with Crippen LogP contribution in [0.2, 0.25) is 0 Å². The first kappa shape index (κ1) is 21.4. The van der Waals surface area contributed by atoms with Gasteiger partial charge in [-0.15, -0.1) is 0 Å². The van der Waals surface area contributed by atoms with Gasteiger partial charge in [0, 0.05) is 5.54 Å². The molecule has 1 aromatic rings. The first-order valence-electron chi connectivity index (χ1n) is 12.5. The van der Waals surface area contributed by atoms with Crippen LogP contribution in [-0.2, 0) is 4.74 Å². The minimum Gasteiger partial charge on any atom is -0.357 e. The lowest BCUT2D eigenvalue weighted by Crippen LogP contribution is -2.35. The molecular formula is C27H43NO. The van der Waals surface area contributed by atoms with Crippen molar-refractivity contribution in [3.8, 4) is 0 Å². The van der Waals surface area contributed by atoms with Crippen molar-refractivity contribution in [1.82, 2.24) is 5.32 Å². The van der Waals surface area contributed by atoms with Gasteiger partial charge >= 0.3 is 0 Å². The highest BCUT2D eigenvalue weighted by molar-refractivity contribution is 5.28. The highest BCUT2D eigenvalue weighted by Crippen LogP contribution is 2.48. The summed E-state index contributed by atoms with van der Waals surface area (Å²) in [5, 5.41) is 3.59. The molecule has 0 radical (unpaired) electrons. The number of fused-ring (bicyclic) bond motifs is 1. The quantitative estimate of drug-likeness (QED) is 0.485. The smallest absolute Gasteiger partial charge is 0.134 e. The third-order valence-corrected chi connectivity index (χ3v) is 8.03. The molecular weight excluding hydrogens is 354 g/mol. The fraction of sp³-hybridized carbons (Fsp3) is 0.778. The number of unbranched alkanes of at least 4 members (excludes halogenated alkanes) is 3. The molecule has 0 amide bonds. The summed E-state index contributed by atoms with van der Waals surface area (Å²) >= 11 is 0. The Hall–Kier alpha value is -0.860. The van der Waals surface area contributed by atoms with Crippen molar-refractivity contribution in [2.75, 3.05) is 6.61 Å². The van der Waals surface area contributed by atoms with Gasteiger partial charge in [-0.1, -0.05) is 69.7 Å². The SMILES string of the molecule is CCCCCCC1CCC2CC(c3ccc(C4NC(C)(C)CO4)cc3)CCC2C1. The highest BCUT2D eigenvalue weighted by atomic mass is 16.5. The molecule has 4 rings (SSSR count). The Morgan fingerprint density at radius 2 is 1.62 bits per heavy atom. The van der Waals surface area contributed by atoms with Gasteiger partial charge in [0.1, 0.15) is 6.23 Å². The van der Waals surface area contributed by atoms with Gasteiger partial charge < -0.3 is 4.74 Å². The fourth-order valence-electron chi connectivity index (χ4n) is 6.26. The van der Waals surface area contributed by atoms with Crippen molar-refractivity contribution in [2.45, 2.75) is 109 Å². The first-order valence-corrected chi connectivity index (χ1v) is 12.5. The van der Waals surface area contributed by atoms with Crippen LogP contribution in [0.25, 0.3) is 0 Å². The molecule has 29 heavy (non-hydrogen) atoms. The molecule has 1 aromatic carbocycles. The summed E-state index contributed by atoms with van der Waals surface area (Å²) in [5.74, 6) is 3.82. The van der Waals surface area contributed by atoms with Gasteiger partial charge in [-0.25, -0.2) is 0 Å². The second-order valence-corrected chi connectivity index (χ2v) is 10.9.